The zero-order valence-electron chi connectivity index (χ0n) is 13.2. The minimum absolute atomic E-state index is 0.0445. The molecule has 1 N–H and O–H groups in total. The van der Waals surface area contributed by atoms with Gasteiger partial charge in [-0.05, 0) is 18.4 Å². The van der Waals surface area contributed by atoms with Crippen LogP contribution < -0.4 is 0 Å². The summed E-state index contributed by atoms with van der Waals surface area (Å²) in [4.78, 5) is 27.3. The molecule has 0 radical (unpaired) electrons. The highest BCUT2D eigenvalue weighted by Crippen LogP contribution is 2.25. The molecule has 6 heteroatoms. The average Bonchev–Trinajstić information content (AvgIpc) is 2.94. The van der Waals surface area contributed by atoms with Gasteiger partial charge in [-0.25, -0.2) is 4.79 Å². The summed E-state index contributed by atoms with van der Waals surface area (Å²) in [6.07, 6.45) is 0.535. The van der Waals surface area contributed by atoms with Crippen LogP contribution in [0.5, 0.6) is 0 Å². The summed E-state index contributed by atoms with van der Waals surface area (Å²) in [6.45, 7) is 3.96. The molecule has 0 aromatic heterocycles. The number of rotatable bonds is 5. The van der Waals surface area contributed by atoms with Crippen LogP contribution in [-0.2, 0) is 16.1 Å². The Morgan fingerprint density at radius 1 is 1.39 bits per heavy atom. The van der Waals surface area contributed by atoms with Crippen LogP contribution in [-0.4, -0.2) is 52.8 Å². The van der Waals surface area contributed by atoms with Gasteiger partial charge in [-0.3, -0.25) is 9.69 Å². The van der Waals surface area contributed by atoms with Crippen LogP contribution in [0.3, 0.4) is 0 Å². The van der Waals surface area contributed by atoms with Crippen molar-refractivity contribution in [3.05, 3.63) is 48.6 Å². The quantitative estimate of drug-likeness (QED) is 0.840. The van der Waals surface area contributed by atoms with Crippen molar-refractivity contribution in [3.8, 4) is 0 Å². The molecule has 1 fully saturated rings. The maximum atomic E-state index is 12.6. The van der Waals surface area contributed by atoms with Crippen molar-refractivity contribution in [2.24, 2.45) is 0 Å². The van der Waals surface area contributed by atoms with Crippen LogP contribution in [0.1, 0.15) is 18.4 Å². The monoisotopic (exact) mass is 318 g/mol. The van der Waals surface area contributed by atoms with Crippen LogP contribution in [0, 0.1) is 0 Å². The van der Waals surface area contributed by atoms with Crippen molar-refractivity contribution < 1.29 is 19.4 Å². The Kier molecular flexibility index (Phi) is 5.76. The topological polar surface area (TPSA) is 70.1 Å². The van der Waals surface area contributed by atoms with Gasteiger partial charge in [0.1, 0.15) is 18.9 Å². The molecule has 0 saturated carbocycles. The van der Waals surface area contributed by atoms with Gasteiger partial charge in [0.15, 0.2) is 0 Å². The fraction of sp³-hybridized carbons (Fsp3) is 0.412. The smallest absolute Gasteiger partial charge is 0.412 e. The summed E-state index contributed by atoms with van der Waals surface area (Å²) < 4.78 is 4.96. The minimum Gasteiger partial charge on any atom is -0.445 e. The van der Waals surface area contributed by atoms with Gasteiger partial charge >= 0.3 is 6.09 Å². The molecule has 2 amide bonds. The first kappa shape index (κ1) is 17.0. The third kappa shape index (κ3) is 4.10. The number of carbonyl (C=O) groups is 2. The zero-order valence-corrected chi connectivity index (χ0v) is 13.2. The van der Waals surface area contributed by atoms with Crippen molar-refractivity contribution in [1.82, 2.24) is 9.80 Å². The first-order valence-electron chi connectivity index (χ1n) is 7.57. The number of ether oxygens (including phenoxy) is 1. The highest BCUT2D eigenvalue weighted by molar-refractivity contribution is 5.86. The second-order valence-corrected chi connectivity index (χ2v) is 5.53. The number of amides is 2. The highest BCUT2D eigenvalue weighted by Gasteiger charge is 2.42. The van der Waals surface area contributed by atoms with Crippen LogP contribution in [0.4, 0.5) is 4.79 Å². The van der Waals surface area contributed by atoms with Crippen molar-refractivity contribution >= 4 is 12.0 Å². The van der Waals surface area contributed by atoms with Gasteiger partial charge in [-0.1, -0.05) is 43.0 Å². The fourth-order valence-electron chi connectivity index (χ4n) is 2.68. The predicted octanol–water partition coefficient (Wildman–Crippen LogP) is 1.75. The highest BCUT2D eigenvalue weighted by atomic mass is 16.6. The number of aliphatic hydroxyl groups is 1. The van der Waals surface area contributed by atoms with Crippen LogP contribution in [0.2, 0.25) is 0 Å². The summed E-state index contributed by atoms with van der Waals surface area (Å²) in [5.74, 6) is -0.207. The molecule has 6 nitrogen and oxygen atoms in total. The molecule has 1 heterocycles. The number of benzene rings is 1. The van der Waals surface area contributed by atoms with Gasteiger partial charge in [-0.2, -0.15) is 0 Å². The van der Waals surface area contributed by atoms with Gasteiger partial charge in [0, 0.05) is 13.6 Å². The van der Waals surface area contributed by atoms with E-state index in [0.29, 0.717) is 19.4 Å². The second kappa shape index (κ2) is 7.78. The molecule has 124 valence electrons. The Hall–Kier alpha value is -2.34. The van der Waals surface area contributed by atoms with Crippen molar-refractivity contribution in [2.45, 2.75) is 31.7 Å². The Bertz CT molecular complexity index is 561. The number of likely N-dealkylation sites (N-methyl/N-ethyl adjacent to an activating group) is 1. The Balaban J connectivity index is 2.04. The SMILES string of the molecule is C=CCOC(=O)N1C(O)CC[C@H]1C(=O)N(C)Cc1ccccc1. The summed E-state index contributed by atoms with van der Waals surface area (Å²) >= 11 is 0. The number of hydrogen-bond acceptors (Lipinski definition) is 4. The normalized spacial score (nSPS) is 20.2. The minimum atomic E-state index is -0.994. The lowest BCUT2D eigenvalue weighted by Gasteiger charge is -2.29. The largest absolute Gasteiger partial charge is 0.445 e. The molecule has 1 aromatic carbocycles. The summed E-state index contributed by atoms with van der Waals surface area (Å²) in [7, 11) is 1.69. The first-order valence-corrected chi connectivity index (χ1v) is 7.57. The van der Waals surface area contributed by atoms with Gasteiger partial charge in [0.05, 0.1) is 0 Å². The third-order valence-electron chi connectivity index (χ3n) is 3.81. The van der Waals surface area contributed by atoms with Crippen molar-refractivity contribution in [1.29, 1.82) is 0 Å². The Labute approximate surface area is 136 Å². The van der Waals surface area contributed by atoms with E-state index in [1.54, 1.807) is 11.9 Å². The van der Waals surface area contributed by atoms with E-state index in [0.717, 1.165) is 10.5 Å². The van der Waals surface area contributed by atoms with Crippen LogP contribution in [0.25, 0.3) is 0 Å². The van der Waals surface area contributed by atoms with Gasteiger partial charge in [0.2, 0.25) is 5.91 Å². The molecule has 0 bridgehead atoms. The lowest BCUT2D eigenvalue weighted by molar-refractivity contribution is -0.136. The number of nitrogens with zero attached hydrogens (tertiary/aromatic N) is 2. The van der Waals surface area contributed by atoms with E-state index in [1.165, 1.54) is 6.08 Å². The molecular formula is C17H22N2O4. The van der Waals surface area contributed by atoms with Gasteiger partial charge < -0.3 is 14.7 Å². The number of aliphatic hydroxyl groups excluding tert-OH is 1. The molecule has 1 aromatic rings. The molecule has 0 spiro atoms. The maximum absolute atomic E-state index is 12.6. The Morgan fingerprint density at radius 3 is 2.74 bits per heavy atom. The lowest BCUT2D eigenvalue weighted by Crippen LogP contribution is -2.49. The molecule has 1 aliphatic heterocycles. The first-order chi connectivity index (χ1) is 11.0. The van der Waals surface area contributed by atoms with Crippen molar-refractivity contribution in [2.75, 3.05) is 13.7 Å². The molecule has 2 rings (SSSR count). The molecule has 1 unspecified atom stereocenters. The standard InChI is InChI=1S/C17H22N2O4/c1-3-11-23-17(22)19-14(9-10-15(19)20)16(21)18(2)12-13-7-5-4-6-8-13/h3-8,14-15,20H,1,9-12H2,2H3/t14-,15?/m0/s1. The van der Waals surface area contributed by atoms with E-state index in [1.807, 2.05) is 30.3 Å². The maximum Gasteiger partial charge on any atom is 0.412 e. The second-order valence-electron chi connectivity index (χ2n) is 5.53. The number of likely N-dealkylation sites (tertiary alicyclic amines) is 1. The summed E-state index contributed by atoms with van der Waals surface area (Å²) in [5, 5.41) is 9.98. The summed E-state index contributed by atoms with van der Waals surface area (Å²) in [5.41, 5.74) is 1.00. The van der Waals surface area contributed by atoms with Crippen LogP contribution in [0.15, 0.2) is 43.0 Å². The number of hydrogen-bond donors (Lipinski definition) is 1. The van der Waals surface area contributed by atoms with E-state index < -0.39 is 18.4 Å². The fourth-order valence-corrected chi connectivity index (χ4v) is 2.68. The zero-order chi connectivity index (χ0) is 16.8. The van der Waals surface area contributed by atoms with E-state index in [9.17, 15) is 14.7 Å². The molecule has 1 aliphatic rings. The molecule has 2 atom stereocenters. The van der Waals surface area contributed by atoms with Gasteiger partial charge in [-0.15, -0.1) is 0 Å². The van der Waals surface area contributed by atoms with Crippen LogP contribution >= 0.6 is 0 Å². The average molecular weight is 318 g/mol. The predicted molar refractivity (Wildman–Crippen MR) is 85.3 cm³/mol. The van der Waals surface area contributed by atoms with E-state index in [-0.39, 0.29) is 12.5 Å². The van der Waals surface area contributed by atoms with E-state index >= 15 is 0 Å². The Morgan fingerprint density at radius 2 is 2.09 bits per heavy atom. The molecular weight excluding hydrogens is 296 g/mol. The third-order valence-corrected chi connectivity index (χ3v) is 3.81. The van der Waals surface area contributed by atoms with Crippen molar-refractivity contribution in [3.63, 3.8) is 0 Å². The molecule has 1 saturated heterocycles. The van der Waals surface area contributed by atoms with E-state index in [2.05, 4.69) is 6.58 Å². The van der Waals surface area contributed by atoms with Gasteiger partial charge in [0.25, 0.3) is 0 Å². The number of carbonyl (C=O) groups excluding carboxylic acids is 2. The molecule has 0 aliphatic carbocycles. The van der Waals surface area contributed by atoms with E-state index in [4.69, 9.17) is 4.74 Å². The molecule has 23 heavy (non-hydrogen) atoms. The summed E-state index contributed by atoms with van der Waals surface area (Å²) in [6, 6.07) is 8.90. The lowest BCUT2D eigenvalue weighted by atomic mass is 10.1.